The minimum Gasteiger partial charge on any atom is -0.396 e. The summed E-state index contributed by atoms with van der Waals surface area (Å²) >= 11 is 0. The molecule has 0 bridgehead atoms. The minimum atomic E-state index is 0.0813. The number of amides is 1. The monoisotopic (exact) mass is 307 g/mol. The predicted molar refractivity (Wildman–Crippen MR) is 86.7 cm³/mol. The van der Waals surface area contributed by atoms with Gasteiger partial charge in [-0.1, -0.05) is 26.2 Å². The van der Waals surface area contributed by atoms with Crippen molar-refractivity contribution in [1.29, 1.82) is 0 Å². The highest BCUT2D eigenvalue weighted by molar-refractivity contribution is 5.77. The van der Waals surface area contributed by atoms with E-state index in [1.165, 1.54) is 6.42 Å². The van der Waals surface area contributed by atoms with Gasteiger partial charge in [0, 0.05) is 30.7 Å². The molecule has 3 N–H and O–H groups in total. The molecule has 0 spiro atoms. The van der Waals surface area contributed by atoms with Crippen molar-refractivity contribution in [3.63, 3.8) is 0 Å². The van der Waals surface area contributed by atoms with Crippen LogP contribution in [0.1, 0.15) is 68.3 Å². The van der Waals surface area contributed by atoms with Crippen LogP contribution in [0.3, 0.4) is 0 Å². The second-order valence-electron chi connectivity index (χ2n) is 6.71. The van der Waals surface area contributed by atoms with Crippen LogP contribution >= 0.6 is 0 Å². The number of aromatic nitrogens is 2. The first-order valence-corrected chi connectivity index (χ1v) is 8.44. The molecule has 22 heavy (non-hydrogen) atoms. The zero-order valence-corrected chi connectivity index (χ0v) is 14.0. The van der Waals surface area contributed by atoms with Crippen LogP contribution in [0.15, 0.2) is 0 Å². The van der Waals surface area contributed by atoms with E-state index in [1.54, 1.807) is 0 Å². The van der Waals surface area contributed by atoms with Gasteiger partial charge in [0.2, 0.25) is 5.91 Å². The first-order chi connectivity index (χ1) is 10.5. The van der Waals surface area contributed by atoms with Crippen LogP contribution in [0.5, 0.6) is 0 Å². The topological polar surface area (TPSA) is 78.0 Å². The maximum absolute atomic E-state index is 12.4. The van der Waals surface area contributed by atoms with E-state index in [0.717, 1.165) is 42.6 Å². The average molecular weight is 307 g/mol. The molecule has 5 nitrogen and oxygen atoms in total. The molecule has 0 saturated heterocycles. The van der Waals surface area contributed by atoms with Crippen molar-refractivity contribution in [3.8, 4) is 0 Å². The Balaban J connectivity index is 1.94. The normalized spacial score (nSPS) is 23.8. The Morgan fingerprint density at radius 2 is 2.09 bits per heavy atom. The predicted octanol–water partition coefficient (Wildman–Crippen LogP) is 2.58. The Hall–Kier alpha value is -1.36. The SMILES string of the molecule is Cc1n[nH]c(C)c1C(C)CC(=O)NC1CCCCCC1CO. The summed E-state index contributed by atoms with van der Waals surface area (Å²) in [4.78, 5) is 12.4. The summed E-state index contributed by atoms with van der Waals surface area (Å²) in [5, 5.41) is 19.9. The highest BCUT2D eigenvalue weighted by Gasteiger charge is 2.25. The van der Waals surface area contributed by atoms with E-state index in [9.17, 15) is 9.90 Å². The van der Waals surface area contributed by atoms with Crippen molar-refractivity contribution in [1.82, 2.24) is 15.5 Å². The Morgan fingerprint density at radius 3 is 2.73 bits per heavy atom. The number of rotatable bonds is 5. The molecule has 1 fully saturated rings. The number of hydrogen-bond donors (Lipinski definition) is 3. The quantitative estimate of drug-likeness (QED) is 0.732. The third-order valence-corrected chi connectivity index (χ3v) is 4.91. The van der Waals surface area contributed by atoms with Gasteiger partial charge in [0.15, 0.2) is 0 Å². The minimum absolute atomic E-state index is 0.0813. The molecule has 1 aromatic heterocycles. The van der Waals surface area contributed by atoms with Crippen LogP contribution in [0.2, 0.25) is 0 Å². The number of hydrogen-bond acceptors (Lipinski definition) is 3. The van der Waals surface area contributed by atoms with Crippen LogP contribution < -0.4 is 5.32 Å². The summed E-state index contributed by atoms with van der Waals surface area (Å²) in [5.74, 6) is 0.439. The van der Waals surface area contributed by atoms with Gasteiger partial charge in [-0.15, -0.1) is 0 Å². The molecule has 2 rings (SSSR count). The molecular weight excluding hydrogens is 278 g/mol. The van der Waals surface area contributed by atoms with Crippen molar-refractivity contribution < 1.29 is 9.90 Å². The second kappa shape index (κ2) is 7.77. The van der Waals surface area contributed by atoms with Gasteiger partial charge in [0.05, 0.1) is 5.69 Å². The number of nitrogens with zero attached hydrogens (tertiary/aromatic N) is 1. The highest BCUT2D eigenvalue weighted by atomic mass is 16.3. The van der Waals surface area contributed by atoms with Crippen LogP contribution in [0, 0.1) is 19.8 Å². The lowest BCUT2D eigenvalue weighted by atomic mass is 9.93. The highest BCUT2D eigenvalue weighted by Crippen LogP contribution is 2.26. The number of carbonyl (C=O) groups is 1. The maximum Gasteiger partial charge on any atom is 0.220 e. The number of carbonyl (C=O) groups excluding carboxylic acids is 1. The van der Waals surface area contributed by atoms with Crippen LogP contribution in [-0.4, -0.2) is 33.9 Å². The summed E-state index contributed by atoms with van der Waals surface area (Å²) in [7, 11) is 0. The standard InChI is InChI=1S/C17H29N3O2/c1-11(17-12(2)19-20-13(17)3)9-16(22)18-15-8-6-4-5-7-14(15)10-21/h11,14-15,21H,4-10H2,1-3H3,(H,18,22)(H,19,20). The van der Waals surface area contributed by atoms with E-state index in [2.05, 4.69) is 22.4 Å². The number of aryl methyl sites for hydroxylation is 2. The van der Waals surface area contributed by atoms with Gasteiger partial charge in [0.25, 0.3) is 0 Å². The molecule has 1 aliphatic carbocycles. The van der Waals surface area contributed by atoms with E-state index in [-0.39, 0.29) is 30.4 Å². The molecule has 0 radical (unpaired) electrons. The summed E-state index contributed by atoms with van der Waals surface area (Å²) in [5.41, 5.74) is 3.16. The van der Waals surface area contributed by atoms with Gasteiger partial charge in [-0.25, -0.2) is 0 Å². The summed E-state index contributed by atoms with van der Waals surface area (Å²) in [6, 6.07) is 0.124. The first-order valence-electron chi connectivity index (χ1n) is 8.44. The fourth-order valence-corrected chi connectivity index (χ4v) is 3.72. The molecule has 0 aromatic carbocycles. The largest absolute Gasteiger partial charge is 0.396 e. The van der Waals surface area contributed by atoms with E-state index < -0.39 is 0 Å². The molecular formula is C17H29N3O2. The van der Waals surface area contributed by atoms with Crippen LogP contribution in [0.4, 0.5) is 0 Å². The molecule has 3 unspecified atom stereocenters. The lowest BCUT2D eigenvalue weighted by molar-refractivity contribution is -0.122. The van der Waals surface area contributed by atoms with Gasteiger partial charge < -0.3 is 10.4 Å². The van der Waals surface area contributed by atoms with Crippen LogP contribution in [-0.2, 0) is 4.79 Å². The van der Waals surface area contributed by atoms with E-state index in [4.69, 9.17) is 0 Å². The molecule has 3 atom stereocenters. The number of H-pyrrole nitrogens is 1. The number of nitrogens with one attached hydrogen (secondary N) is 2. The molecule has 1 amide bonds. The zero-order valence-electron chi connectivity index (χ0n) is 14.0. The fraction of sp³-hybridized carbons (Fsp3) is 0.765. The van der Waals surface area contributed by atoms with Crippen molar-refractivity contribution in [3.05, 3.63) is 17.0 Å². The Labute approximate surface area is 132 Å². The molecule has 1 saturated carbocycles. The summed E-state index contributed by atoms with van der Waals surface area (Å²) in [6.45, 7) is 6.21. The Morgan fingerprint density at radius 1 is 1.36 bits per heavy atom. The first kappa shape index (κ1) is 17.0. The summed E-state index contributed by atoms with van der Waals surface area (Å²) < 4.78 is 0. The molecule has 5 heteroatoms. The molecule has 1 aliphatic rings. The average Bonchev–Trinajstić information content (AvgIpc) is 2.68. The van der Waals surface area contributed by atoms with Gasteiger partial charge in [-0.3, -0.25) is 9.89 Å². The van der Waals surface area contributed by atoms with Crippen molar-refractivity contribution in [2.75, 3.05) is 6.61 Å². The van der Waals surface area contributed by atoms with Crippen LogP contribution in [0.25, 0.3) is 0 Å². The third-order valence-electron chi connectivity index (χ3n) is 4.91. The van der Waals surface area contributed by atoms with Gasteiger partial charge >= 0.3 is 0 Å². The van der Waals surface area contributed by atoms with E-state index in [0.29, 0.717) is 6.42 Å². The zero-order chi connectivity index (χ0) is 16.1. The molecule has 1 aromatic rings. The third kappa shape index (κ3) is 4.09. The maximum atomic E-state index is 12.4. The Kier molecular flexibility index (Phi) is 6.00. The lowest BCUT2D eigenvalue weighted by Crippen LogP contribution is -2.41. The smallest absolute Gasteiger partial charge is 0.220 e. The molecule has 0 aliphatic heterocycles. The number of aliphatic hydroxyl groups is 1. The Bertz CT molecular complexity index is 479. The lowest BCUT2D eigenvalue weighted by Gasteiger charge is -2.25. The van der Waals surface area contributed by atoms with E-state index in [1.807, 2.05) is 13.8 Å². The molecule has 124 valence electrons. The number of aromatic amines is 1. The fourth-order valence-electron chi connectivity index (χ4n) is 3.72. The number of aliphatic hydroxyl groups excluding tert-OH is 1. The van der Waals surface area contributed by atoms with Crippen molar-refractivity contribution in [2.24, 2.45) is 5.92 Å². The van der Waals surface area contributed by atoms with Gasteiger partial charge in [-0.05, 0) is 38.2 Å². The summed E-state index contributed by atoms with van der Waals surface area (Å²) in [6.07, 6.45) is 5.95. The molecule has 1 heterocycles. The second-order valence-corrected chi connectivity index (χ2v) is 6.71. The van der Waals surface area contributed by atoms with Crippen molar-refractivity contribution in [2.45, 2.75) is 71.3 Å². The van der Waals surface area contributed by atoms with E-state index >= 15 is 0 Å². The van der Waals surface area contributed by atoms with Crippen molar-refractivity contribution >= 4 is 5.91 Å². The van der Waals surface area contributed by atoms with Gasteiger partial charge in [0.1, 0.15) is 0 Å². The van der Waals surface area contributed by atoms with Gasteiger partial charge in [-0.2, -0.15) is 5.10 Å².